The first-order chi connectivity index (χ1) is 13.0. The molecule has 0 atom stereocenters. The minimum Gasteiger partial charge on any atom is -0.506 e. The number of aromatic amines is 1. The second-order valence-electron chi connectivity index (χ2n) is 5.96. The van der Waals surface area contributed by atoms with Crippen LogP contribution in [-0.2, 0) is 0 Å². The molecule has 0 radical (unpaired) electrons. The third kappa shape index (κ3) is 3.22. The van der Waals surface area contributed by atoms with E-state index in [0.29, 0.717) is 5.13 Å². The predicted octanol–water partition coefficient (Wildman–Crippen LogP) is 3.96. The maximum Gasteiger partial charge on any atom is 0.259 e. The SMILES string of the molecule is COc1ccc2[nH]c(C)c(-c3csc(NC(=O)c4cncc(O)c4)n3)c2c1. The summed E-state index contributed by atoms with van der Waals surface area (Å²) in [6.07, 6.45) is 2.66. The van der Waals surface area contributed by atoms with Gasteiger partial charge in [-0.15, -0.1) is 11.3 Å². The van der Waals surface area contributed by atoms with E-state index < -0.39 is 0 Å². The number of ether oxygens (including phenoxy) is 1. The maximum absolute atomic E-state index is 12.3. The molecule has 1 amide bonds. The maximum atomic E-state index is 12.3. The zero-order valence-electron chi connectivity index (χ0n) is 14.6. The van der Waals surface area contributed by atoms with Gasteiger partial charge in [-0.1, -0.05) is 0 Å². The van der Waals surface area contributed by atoms with Gasteiger partial charge in [0.1, 0.15) is 11.5 Å². The van der Waals surface area contributed by atoms with Crippen LogP contribution in [0.15, 0.2) is 42.0 Å². The van der Waals surface area contributed by atoms with Crippen LogP contribution in [0.1, 0.15) is 16.1 Å². The van der Waals surface area contributed by atoms with Gasteiger partial charge >= 0.3 is 0 Å². The highest BCUT2D eigenvalue weighted by molar-refractivity contribution is 7.14. The summed E-state index contributed by atoms with van der Waals surface area (Å²) < 4.78 is 5.32. The molecular formula is C19H16N4O3S. The fourth-order valence-corrected chi connectivity index (χ4v) is 3.63. The lowest BCUT2D eigenvalue weighted by molar-refractivity contribution is 0.102. The highest BCUT2D eigenvalue weighted by Gasteiger charge is 2.16. The van der Waals surface area contributed by atoms with Gasteiger partial charge in [-0.05, 0) is 31.2 Å². The van der Waals surface area contributed by atoms with Crippen molar-refractivity contribution in [1.82, 2.24) is 15.0 Å². The molecule has 3 N–H and O–H groups in total. The number of aromatic hydroxyl groups is 1. The van der Waals surface area contributed by atoms with Crippen LogP contribution in [0.3, 0.4) is 0 Å². The molecule has 3 heterocycles. The molecule has 0 aliphatic heterocycles. The van der Waals surface area contributed by atoms with Crippen molar-refractivity contribution in [2.45, 2.75) is 6.92 Å². The van der Waals surface area contributed by atoms with Gasteiger partial charge in [0, 0.05) is 33.7 Å². The number of thiazole rings is 1. The van der Waals surface area contributed by atoms with E-state index in [4.69, 9.17) is 4.74 Å². The molecular weight excluding hydrogens is 364 g/mol. The Morgan fingerprint density at radius 1 is 1.30 bits per heavy atom. The Hall–Kier alpha value is -3.39. The van der Waals surface area contributed by atoms with Crippen LogP contribution in [0.4, 0.5) is 5.13 Å². The van der Waals surface area contributed by atoms with E-state index in [1.807, 2.05) is 30.5 Å². The minimum atomic E-state index is -0.378. The van der Waals surface area contributed by atoms with Gasteiger partial charge in [-0.25, -0.2) is 4.98 Å². The molecule has 0 aliphatic carbocycles. The van der Waals surface area contributed by atoms with Crippen molar-refractivity contribution in [3.8, 4) is 22.8 Å². The van der Waals surface area contributed by atoms with E-state index in [1.165, 1.54) is 29.8 Å². The number of H-pyrrole nitrogens is 1. The van der Waals surface area contributed by atoms with Gasteiger partial charge in [0.15, 0.2) is 5.13 Å². The lowest BCUT2D eigenvalue weighted by Gasteiger charge is -2.02. The van der Waals surface area contributed by atoms with Gasteiger partial charge in [-0.3, -0.25) is 15.1 Å². The molecule has 4 aromatic rings. The molecule has 1 aromatic carbocycles. The van der Waals surface area contributed by atoms with Crippen LogP contribution in [0.25, 0.3) is 22.2 Å². The quantitative estimate of drug-likeness (QED) is 0.498. The van der Waals surface area contributed by atoms with Crippen LogP contribution in [-0.4, -0.2) is 33.1 Å². The third-order valence-electron chi connectivity index (χ3n) is 4.16. The Balaban J connectivity index is 1.66. The molecule has 0 aliphatic rings. The van der Waals surface area contributed by atoms with E-state index >= 15 is 0 Å². The monoisotopic (exact) mass is 380 g/mol. The summed E-state index contributed by atoms with van der Waals surface area (Å²) in [5, 5.41) is 15.6. The molecule has 136 valence electrons. The van der Waals surface area contributed by atoms with E-state index in [9.17, 15) is 9.90 Å². The molecule has 8 heteroatoms. The molecule has 0 bridgehead atoms. The highest BCUT2D eigenvalue weighted by atomic mass is 32.1. The number of carbonyl (C=O) groups is 1. The highest BCUT2D eigenvalue weighted by Crippen LogP contribution is 2.35. The molecule has 7 nitrogen and oxygen atoms in total. The number of carbonyl (C=O) groups excluding carboxylic acids is 1. The molecule has 3 aromatic heterocycles. The summed E-state index contributed by atoms with van der Waals surface area (Å²) in [5.41, 5.74) is 3.98. The Morgan fingerprint density at radius 3 is 2.93 bits per heavy atom. The minimum absolute atomic E-state index is 0.0640. The molecule has 0 fully saturated rings. The number of methoxy groups -OCH3 is 1. The van der Waals surface area contributed by atoms with Crippen molar-refractivity contribution in [3.63, 3.8) is 0 Å². The van der Waals surface area contributed by atoms with Gasteiger partial charge in [0.2, 0.25) is 0 Å². The smallest absolute Gasteiger partial charge is 0.259 e. The summed E-state index contributed by atoms with van der Waals surface area (Å²) in [6.45, 7) is 1.98. The number of aromatic nitrogens is 3. The van der Waals surface area contributed by atoms with Crippen molar-refractivity contribution < 1.29 is 14.6 Å². The van der Waals surface area contributed by atoms with Crippen molar-refractivity contribution in [2.75, 3.05) is 12.4 Å². The number of nitrogens with zero attached hydrogens (tertiary/aromatic N) is 2. The zero-order chi connectivity index (χ0) is 19.0. The number of benzene rings is 1. The number of pyridine rings is 1. The summed E-state index contributed by atoms with van der Waals surface area (Å²) in [5.74, 6) is 0.324. The second kappa shape index (κ2) is 6.73. The average molecular weight is 380 g/mol. The Bertz CT molecular complexity index is 1150. The summed E-state index contributed by atoms with van der Waals surface area (Å²) in [7, 11) is 1.63. The largest absolute Gasteiger partial charge is 0.506 e. The number of hydrogen-bond acceptors (Lipinski definition) is 6. The summed E-state index contributed by atoms with van der Waals surface area (Å²) in [4.78, 5) is 24.0. The van der Waals surface area contributed by atoms with Crippen molar-refractivity contribution in [2.24, 2.45) is 0 Å². The van der Waals surface area contributed by atoms with Crippen LogP contribution in [0.2, 0.25) is 0 Å². The lowest BCUT2D eigenvalue weighted by Crippen LogP contribution is -2.11. The van der Waals surface area contributed by atoms with Crippen molar-refractivity contribution >= 4 is 33.3 Å². The molecule has 27 heavy (non-hydrogen) atoms. The standard InChI is InChI=1S/C19H16N4O3S/c1-10-17(14-6-13(26-2)3-4-15(14)21-10)16-9-27-19(22-16)23-18(25)11-5-12(24)8-20-7-11/h3-9,21,24H,1-2H3,(H,22,23,25). The van der Waals surface area contributed by atoms with E-state index in [0.717, 1.165) is 33.6 Å². The van der Waals surface area contributed by atoms with Crippen LogP contribution < -0.4 is 10.1 Å². The van der Waals surface area contributed by atoms with Gasteiger partial charge < -0.3 is 14.8 Å². The van der Waals surface area contributed by atoms with Gasteiger partial charge in [0.25, 0.3) is 5.91 Å². The number of anilines is 1. The second-order valence-corrected chi connectivity index (χ2v) is 6.82. The molecule has 0 unspecified atom stereocenters. The predicted molar refractivity (Wildman–Crippen MR) is 105 cm³/mol. The average Bonchev–Trinajstić information content (AvgIpc) is 3.23. The number of rotatable bonds is 4. The molecule has 0 saturated heterocycles. The number of hydrogen-bond donors (Lipinski definition) is 3. The lowest BCUT2D eigenvalue weighted by atomic mass is 10.1. The molecule has 4 rings (SSSR count). The Kier molecular flexibility index (Phi) is 4.25. The number of aryl methyl sites for hydroxylation is 1. The Labute approximate surface area is 158 Å². The molecule has 0 spiro atoms. The summed E-state index contributed by atoms with van der Waals surface area (Å²) in [6, 6.07) is 7.18. The topological polar surface area (TPSA) is 100 Å². The van der Waals surface area contributed by atoms with E-state index in [2.05, 4.69) is 20.3 Å². The first kappa shape index (κ1) is 17.0. The van der Waals surface area contributed by atoms with Crippen LogP contribution >= 0.6 is 11.3 Å². The van der Waals surface area contributed by atoms with Crippen LogP contribution in [0, 0.1) is 6.92 Å². The fourth-order valence-electron chi connectivity index (χ4n) is 2.93. The first-order valence-electron chi connectivity index (χ1n) is 8.12. The number of nitrogens with one attached hydrogen (secondary N) is 2. The van der Waals surface area contributed by atoms with Crippen molar-refractivity contribution in [3.05, 3.63) is 53.3 Å². The summed E-state index contributed by atoms with van der Waals surface area (Å²) >= 11 is 1.33. The first-order valence-corrected chi connectivity index (χ1v) is 9.00. The third-order valence-corrected chi connectivity index (χ3v) is 4.92. The zero-order valence-corrected chi connectivity index (χ0v) is 15.4. The number of amides is 1. The van der Waals surface area contributed by atoms with Crippen molar-refractivity contribution in [1.29, 1.82) is 0 Å². The van der Waals surface area contributed by atoms with E-state index in [-0.39, 0.29) is 17.2 Å². The van der Waals surface area contributed by atoms with E-state index in [1.54, 1.807) is 7.11 Å². The normalized spacial score (nSPS) is 10.9. The number of fused-ring (bicyclic) bond motifs is 1. The fraction of sp³-hybridized carbons (Fsp3) is 0.105. The van der Waals surface area contributed by atoms with Gasteiger partial charge in [0.05, 0.1) is 24.6 Å². The van der Waals surface area contributed by atoms with Gasteiger partial charge in [-0.2, -0.15) is 0 Å². The Morgan fingerprint density at radius 2 is 2.15 bits per heavy atom. The molecule has 0 saturated carbocycles. The van der Waals surface area contributed by atoms with Crippen LogP contribution in [0.5, 0.6) is 11.5 Å².